The number of aromatic nitrogens is 2. The Kier molecular flexibility index (Phi) is 5.96. The molecule has 4 rings (SSSR count). The van der Waals surface area contributed by atoms with Gasteiger partial charge in [0, 0.05) is 37.7 Å². The molecular weight excluding hydrogens is 410 g/mol. The first kappa shape index (κ1) is 21.3. The fourth-order valence-electron chi connectivity index (χ4n) is 3.63. The standard InChI is InChI=1S/C24H27N3O3S/c1-4-18-12-25-24(26-13-18)27-14-19(15-27)16-30-23-10-7-21(11-17(23)2)20-5-8-22(9-6-20)31(3,28)29/h5-13,19H,4,14-16H2,1-3H3. The van der Waals surface area contributed by atoms with Gasteiger partial charge in [-0.25, -0.2) is 18.4 Å². The lowest BCUT2D eigenvalue weighted by Gasteiger charge is -2.39. The highest BCUT2D eigenvalue weighted by Crippen LogP contribution is 2.28. The van der Waals surface area contributed by atoms with E-state index in [9.17, 15) is 8.42 Å². The Morgan fingerprint density at radius 1 is 1.03 bits per heavy atom. The van der Waals surface area contributed by atoms with Crippen molar-refractivity contribution in [1.82, 2.24) is 9.97 Å². The van der Waals surface area contributed by atoms with Gasteiger partial charge < -0.3 is 9.64 Å². The molecule has 2 heterocycles. The molecule has 3 aromatic rings. The van der Waals surface area contributed by atoms with E-state index in [1.54, 1.807) is 12.1 Å². The molecule has 162 valence electrons. The van der Waals surface area contributed by atoms with Gasteiger partial charge in [-0.1, -0.05) is 25.1 Å². The van der Waals surface area contributed by atoms with Crippen LogP contribution in [0.15, 0.2) is 59.8 Å². The summed E-state index contributed by atoms with van der Waals surface area (Å²) in [6.07, 6.45) is 5.95. The second kappa shape index (κ2) is 8.67. The fourth-order valence-corrected chi connectivity index (χ4v) is 4.26. The zero-order valence-corrected chi connectivity index (χ0v) is 18.9. The van der Waals surface area contributed by atoms with E-state index in [0.29, 0.717) is 17.4 Å². The molecule has 0 unspecified atom stereocenters. The molecule has 0 bridgehead atoms. The second-order valence-electron chi connectivity index (χ2n) is 8.10. The quantitative estimate of drug-likeness (QED) is 0.558. The van der Waals surface area contributed by atoms with Gasteiger partial charge in [-0.05, 0) is 59.9 Å². The largest absolute Gasteiger partial charge is 0.493 e. The van der Waals surface area contributed by atoms with Crippen molar-refractivity contribution in [1.29, 1.82) is 0 Å². The summed E-state index contributed by atoms with van der Waals surface area (Å²) >= 11 is 0. The first-order valence-electron chi connectivity index (χ1n) is 10.4. The summed E-state index contributed by atoms with van der Waals surface area (Å²) in [5, 5.41) is 0. The Hall–Kier alpha value is -2.93. The highest BCUT2D eigenvalue weighted by molar-refractivity contribution is 7.90. The Morgan fingerprint density at radius 3 is 2.26 bits per heavy atom. The molecule has 0 N–H and O–H groups in total. The second-order valence-corrected chi connectivity index (χ2v) is 10.1. The lowest BCUT2D eigenvalue weighted by Crippen LogP contribution is -2.50. The van der Waals surface area contributed by atoms with Crippen molar-refractivity contribution in [3.05, 3.63) is 66.0 Å². The third-order valence-electron chi connectivity index (χ3n) is 5.61. The molecule has 1 aliphatic rings. The topological polar surface area (TPSA) is 72.4 Å². The summed E-state index contributed by atoms with van der Waals surface area (Å²) in [4.78, 5) is 11.4. The van der Waals surface area contributed by atoms with Crippen LogP contribution < -0.4 is 9.64 Å². The lowest BCUT2D eigenvalue weighted by atomic mass is 10.0. The number of rotatable bonds is 7. The zero-order valence-electron chi connectivity index (χ0n) is 18.1. The molecular formula is C24H27N3O3S. The molecule has 0 spiro atoms. The predicted octanol–water partition coefficient (Wildman–Crippen LogP) is 3.93. The van der Waals surface area contributed by atoms with Gasteiger partial charge in [0.15, 0.2) is 9.84 Å². The average Bonchev–Trinajstić information content (AvgIpc) is 2.73. The van der Waals surface area contributed by atoms with Crippen LogP contribution in [-0.4, -0.2) is 44.3 Å². The van der Waals surface area contributed by atoms with E-state index in [2.05, 4.69) is 27.9 Å². The van der Waals surface area contributed by atoms with Crippen molar-refractivity contribution in [3.63, 3.8) is 0 Å². The maximum atomic E-state index is 11.6. The summed E-state index contributed by atoms with van der Waals surface area (Å²) in [5.41, 5.74) is 4.21. The number of hydrogen-bond acceptors (Lipinski definition) is 6. The molecule has 2 aromatic carbocycles. The van der Waals surface area contributed by atoms with E-state index in [-0.39, 0.29) is 0 Å². The number of aryl methyl sites for hydroxylation is 2. The van der Waals surface area contributed by atoms with Gasteiger partial charge in [0.25, 0.3) is 0 Å². The van der Waals surface area contributed by atoms with Crippen LogP contribution in [0.25, 0.3) is 11.1 Å². The van der Waals surface area contributed by atoms with Crippen molar-refractivity contribution in [2.45, 2.75) is 25.2 Å². The van der Waals surface area contributed by atoms with Gasteiger partial charge >= 0.3 is 0 Å². The molecule has 1 aromatic heterocycles. The van der Waals surface area contributed by atoms with Gasteiger partial charge in [0.1, 0.15) is 5.75 Å². The Bertz CT molecular complexity index is 1150. The molecule has 0 atom stereocenters. The summed E-state index contributed by atoms with van der Waals surface area (Å²) in [6.45, 7) is 6.58. The van der Waals surface area contributed by atoms with Crippen molar-refractivity contribution in [3.8, 4) is 16.9 Å². The molecule has 31 heavy (non-hydrogen) atoms. The SMILES string of the molecule is CCc1cnc(N2CC(COc3ccc(-c4ccc(S(C)(=O)=O)cc4)cc3C)C2)nc1. The van der Waals surface area contributed by atoms with Gasteiger partial charge in [0.05, 0.1) is 11.5 Å². The number of ether oxygens (including phenoxy) is 1. The minimum atomic E-state index is -3.19. The van der Waals surface area contributed by atoms with Crippen molar-refractivity contribution in [2.75, 3.05) is 30.9 Å². The van der Waals surface area contributed by atoms with Crippen molar-refractivity contribution < 1.29 is 13.2 Å². The maximum absolute atomic E-state index is 11.6. The van der Waals surface area contributed by atoms with Gasteiger partial charge in [-0.3, -0.25) is 0 Å². The third kappa shape index (κ3) is 4.88. The highest BCUT2D eigenvalue weighted by Gasteiger charge is 2.29. The van der Waals surface area contributed by atoms with Crippen LogP contribution in [0.2, 0.25) is 0 Å². The van der Waals surface area contributed by atoms with Crippen LogP contribution in [0.3, 0.4) is 0 Å². The summed E-state index contributed by atoms with van der Waals surface area (Å²) in [7, 11) is -3.19. The molecule has 6 nitrogen and oxygen atoms in total. The van der Waals surface area contributed by atoms with Crippen LogP contribution in [0.5, 0.6) is 5.75 Å². The molecule has 7 heteroatoms. The number of anilines is 1. The number of hydrogen-bond donors (Lipinski definition) is 0. The van der Waals surface area contributed by atoms with E-state index in [4.69, 9.17) is 4.74 Å². The molecule has 0 aliphatic carbocycles. The first-order valence-corrected chi connectivity index (χ1v) is 12.3. The van der Waals surface area contributed by atoms with Gasteiger partial charge in [-0.15, -0.1) is 0 Å². The Morgan fingerprint density at radius 2 is 1.68 bits per heavy atom. The molecule has 1 aliphatic heterocycles. The molecule has 1 fully saturated rings. The Labute approximate surface area is 183 Å². The normalized spacial score (nSPS) is 14.4. The fraction of sp³-hybridized carbons (Fsp3) is 0.333. The summed E-state index contributed by atoms with van der Waals surface area (Å²) < 4.78 is 29.3. The van der Waals surface area contributed by atoms with E-state index in [1.807, 2.05) is 43.6 Å². The molecule has 0 saturated carbocycles. The minimum Gasteiger partial charge on any atom is -0.493 e. The monoisotopic (exact) mass is 437 g/mol. The van der Waals surface area contributed by atoms with Gasteiger partial charge in [0.2, 0.25) is 5.95 Å². The number of sulfone groups is 1. The smallest absolute Gasteiger partial charge is 0.225 e. The number of nitrogens with zero attached hydrogens (tertiary/aromatic N) is 3. The summed E-state index contributed by atoms with van der Waals surface area (Å²) in [5.74, 6) is 2.12. The maximum Gasteiger partial charge on any atom is 0.225 e. The van der Waals surface area contributed by atoms with Gasteiger partial charge in [-0.2, -0.15) is 0 Å². The highest BCUT2D eigenvalue weighted by atomic mass is 32.2. The molecule has 1 saturated heterocycles. The van der Waals surface area contributed by atoms with Crippen LogP contribution in [0.1, 0.15) is 18.1 Å². The van der Waals surface area contributed by atoms with E-state index in [0.717, 1.165) is 53.5 Å². The van der Waals surface area contributed by atoms with Crippen LogP contribution >= 0.6 is 0 Å². The van der Waals surface area contributed by atoms with Crippen LogP contribution in [-0.2, 0) is 16.3 Å². The average molecular weight is 438 g/mol. The first-order chi connectivity index (χ1) is 14.8. The predicted molar refractivity (Wildman–Crippen MR) is 122 cm³/mol. The van der Waals surface area contributed by atoms with Crippen LogP contribution in [0.4, 0.5) is 5.95 Å². The lowest BCUT2D eigenvalue weighted by molar-refractivity contribution is 0.218. The summed E-state index contributed by atoms with van der Waals surface area (Å²) in [6, 6.07) is 13.0. The van der Waals surface area contributed by atoms with Crippen molar-refractivity contribution >= 4 is 15.8 Å². The van der Waals surface area contributed by atoms with Crippen molar-refractivity contribution in [2.24, 2.45) is 5.92 Å². The van der Waals surface area contributed by atoms with E-state index in [1.165, 1.54) is 6.26 Å². The van der Waals surface area contributed by atoms with Crippen LogP contribution in [0, 0.1) is 12.8 Å². The zero-order chi connectivity index (χ0) is 22.0. The molecule has 0 radical (unpaired) electrons. The Balaban J connectivity index is 1.33. The minimum absolute atomic E-state index is 0.328. The van der Waals surface area contributed by atoms with E-state index < -0.39 is 9.84 Å². The van der Waals surface area contributed by atoms with E-state index >= 15 is 0 Å². The molecule has 0 amide bonds. The third-order valence-corrected chi connectivity index (χ3v) is 6.73. The number of benzene rings is 2.